The predicted octanol–water partition coefficient (Wildman–Crippen LogP) is 2.86. The van der Waals surface area contributed by atoms with Gasteiger partial charge in [-0.1, -0.05) is 6.07 Å². The van der Waals surface area contributed by atoms with Crippen LogP contribution in [0, 0.1) is 10.1 Å². The normalized spacial score (nSPS) is 11.9. The molecule has 1 atom stereocenters. The molecule has 2 N–H and O–H groups in total. The smallest absolute Gasteiger partial charge is 0.315 e. The van der Waals surface area contributed by atoms with Gasteiger partial charge in [0, 0.05) is 19.2 Å². The van der Waals surface area contributed by atoms with Crippen LogP contribution in [0.3, 0.4) is 0 Å². The topological polar surface area (TPSA) is 76.4 Å². The minimum Gasteiger partial charge on any atom is -0.380 e. The Morgan fingerprint density at radius 3 is 2.63 bits per heavy atom. The van der Waals surface area contributed by atoms with Crippen LogP contribution in [0.1, 0.15) is 20.8 Å². The summed E-state index contributed by atoms with van der Waals surface area (Å²) in [5, 5.41) is 17.3. The van der Waals surface area contributed by atoms with E-state index in [1.165, 1.54) is 0 Å². The van der Waals surface area contributed by atoms with Crippen LogP contribution in [0.4, 0.5) is 17.1 Å². The minimum atomic E-state index is -0.367. The van der Waals surface area contributed by atoms with Crippen molar-refractivity contribution >= 4 is 17.1 Å². The summed E-state index contributed by atoms with van der Waals surface area (Å²) in [5.41, 5.74) is 1.12. The van der Waals surface area contributed by atoms with Gasteiger partial charge in [-0.25, -0.2) is 0 Å². The van der Waals surface area contributed by atoms with Crippen molar-refractivity contribution in [1.29, 1.82) is 0 Å². The van der Waals surface area contributed by atoms with Crippen molar-refractivity contribution in [3.05, 3.63) is 28.3 Å². The zero-order chi connectivity index (χ0) is 14.3. The number of nitro benzene ring substituents is 1. The summed E-state index contributed by atoms with van der Waals surface area (Å²) in [6.45, 7) is 7.53. The molecule has 0 saturated carbocycles. The molecule has 0 saturated heterocycles. The van der Waals surface area contributed by atoms with E-state index < -0.39 is 0 Å². The molecule has 0 aliphatic rings. The second kappa shape index (κ2) is 7.58. The molecule has 0 aliphatic heterocycles. The van der Waals surface area contributed by atoms with Crippen LogP contribution in [0.15, 0.2) is 18.2 Å². The van der Waals surface area contributed by atoms with Gasteiger partial charge in [-0.15, -0.1) is 0 Å². The van der Waals surface area contributed by atoms with E-state index in [0.29, 0.717) is 31.1 Å². The molecule has 0 radical (unpaired) electrons. The Morgan fingerprint density at radius 1 is 1.37 bits per heavy atom. The molecule has 0 aromatic heterocycles. The number of nitro groups is 1. The lowest BCUT2D eigenvalue weighted by Gasteiger charge is -2.16. The predicted molar refractivity (Wildman–Crippen MR) is 76.8 cm³/mol. The first-order valence-corrected chi connectivity index (χ1v) is 6.45. The summed E-state index contributed by atoms with van der Waals surface area (Å²) in [6, 6.07) is 5.22. The van der Waals surface area contributed by atoms with E-state index in [9.17, 15) is 10.1 Å². The largest absolute Gasteiger partial charge is 0.380 e. The molecule has 6 nitrogen and oxygen atoms in total. The summed E-state index contributed by atoms with van der Waals surface area (Å²) < 4.78 is 5.30. The van der Waals surface area contributed by atoms with Crippen LogP contribution in [-0.4, -0.2) is 30.7 Å². The first-order chi connectivity index (χ1) is 9.10. The standard InChI is InChI=1S/C13H21N3O3/c1-4-14-11-7-6-8-12(13(11)16(17)18)15-10(3)9-19-5-2/h6-8,10,14-15H,4-5,9H2,1-3H3. The van der Waals surface area contributed by atoms with Crippen LogP contribution in [0.2, 0.25) is 0 Å². The third-order valence-corrected chi connectivity index (χ3v) is 2.56. The second-order valence-corrected chi connectivity index (χ2v) is 4.19. The maximum absolute atomic E-state index is 11.2. The van der Waals surface area contributed by atoms with Gasteiger partial charge < -0.3 is 15.4 Å². The molecule has 106 valence electrons. The summed E-state index contributed by atoms with van der Waals surface area (Å²) in [5.74, 6) is 0. The Morgan fingerprint density at radius 2 is 2.05 bits per heavy atom. The summed E-state index contributed by atoms with van der Waals surface area (Å²) >= 11 is 0. The summed E-state index contributed by atoms with van der Waals surface area (Å²) in [6.07, 6.45) is 0. The lowest BCUT2D eigenvalue weighted by Crippen LogP contribution is -2.22. The van der Waals surface area contributed by atoms with E-state index in [1.54, 1.807) is 18.2 Å². The maximum Gasteiger partial charge on any atom is 0.315 e. The molecule has 0 spiro atoms. The lowest BCUT2D eigenvalue weighted by atomic mass is 10.2. The van der Waals surface area contributed by atoms with Crippen LogP contribution < -0.4 is 10.6 Å². The molecule has 19 heavy (non-hydrogen) atoms. The van der Waals surface area contributed by atoms with Gasteiger partial charge in [0.05, 0.1) is 11.5 Å². The molecule has 1 unspecified atom stereocenters. The molecular weight excluding hydrogens is 246 g/mol. The molecule has 6 heteroatoms. The van der Waals surface area contributed by atoms with Gasteiger partial charge in [-0.05, 0) is 32.9 Å². The van der Waals surface area contributed by atoms with Crippen LogP contribution in [-0.2, 0) is 4.74 Å². The Labute approximate surface area is 113 Å². The van der Waals surface area contributed by atoms with Crippen molar-refractivity contribution < 1.29 is 9.66 Å². The van der Waals surface area contributed by atoms with Crippen molar-refractivity contribution in [2.24, 2.45) is 0 Å². The fourth-order valence-corrected chi connectivity index (χ4v) is 1.79. The molecule has 0 aliphatic carbocycles. The molecule has 0 amide bonds. The SMILES string of the molecule is CCNc1cccc(NC(C)COCC)c1[N+](=O)[O-]. The number of hydrogen-bond donors (Lipinski definition) is 2. The first kappa shape index (κ1) is 15.2. The minimum absolute atomic E-state index is 0.00975. The second-order valence-electron chi connectivity index (χ2n) is 4.19. The quantitative estimate of drug-likeness (QED) is 0.559. The fourth-order valence-electron chi connectivity index (χ4n) is 1.79. The van der Waals surface area contributed by atoms with Crippen molar-refractivity contribution in [2.45, 2.75) is 26.8 Å². The van der Waals surface area contributed by atoms with Gasteiger partial charge in [-0.3, -0.25) is 10.1 Å². The average molecular weight is 267 g/mol. The third kappa shape index (κ3) is 4.40. The van der Waals surface area contributed by atoms with Gasteiger partial charge in [0.1, 0.15) is 11.4 Å². The number of nitrogens with one attached hydrogen (secondary N) is 2. The zero-order valence-electron chi connectivity index (χ0n) is 11.6. The summed E-state index contributed by atoms with van der Waals surface area (Å²) in [7, 11) is 0. The van der Waals surface area contributed by atoms with E-state index in [0.717, 1.165) is 0 Å². The highest BCUT2D eigenvalue weighted by atomic mass is 16.6. The highest BCUT2D eigenvalue weighted by Crippen LogP contribution is 2.33. The monoisotopic (exact) mass is 267 g/mol. The Bertz CT molecular complexity index is 424. The fraction of sp³-hybridized carbons (Fsp3) is 0.538. The Kier molecular flexibility index (Phi) is 6.08. The number of anilines is 2. The molecule has 0 heterocycles. The number of benzene rings is 1. The number of hydrogen-bond acceptors (Lipinski definition) is 5. The highest BCUT2D eigenvalue weighted by Gasteiger charge is 2.20. The molecule has 0 fully saturated rings. The number of ether oxygens (including phenoxy) is 1. The maximum atomic E-state index is 11.2. The van der Waals surface area contributed by atoms with Gasteiger partial charge >= 0.3 is 5.69 Å². The van der Waals surface area contributed by atoms with Crippen molar-refractivity contribution in [2.75, 3.05) is 30.4 Å². The number of rotatable bonds is 8. The average Bonchev–Trinajstić information content (AvgIpc) is 2.36. The van der Waals surface area contributed by atoms with Crippen LogP contribution in [0.5, 0.6) is 0 Å². The Balaban J connectivity index is 2.93. The van der Waals surface area contributed by atoms with Crippen molar-refractivity contribution in [3.63, 3.8) is 0 Å². The molecule has 1 aromatic rings. The number of nitrogens with zero attached hydrogens (tertiary/aromatic N) is 1. The van der Waals surface area contributed by atoms with E-state index >= 15 is 0 Å². The van der Waals surface area contributed by atoms with E-state index in [4.69, 9.17) is 4.74 Å². The van der Waals surface area contributed by atoms with E-state index in [2.05, 4.69) is 10.6 Å². The summed E-state index contributed by atoms with van der Waals surface area (Å²) in [4.78, 5) is 10.8. The van der Waals surface area contributed by atoms with E-state index in [-0.39, 0.29) is 16.7 Å². The molecule has 1 rings (SSSR count). The Hall–Kier alpha value is -1.82. The number of para-hydroxylation sites is 1. The van der Waals surface area contributed by atoms with Crippen LogP contribution >= 0.6 is 0 Å². The van der Waals surface area contributed by atoms with Gasteiger partial charge in [0.25, 0.3) is 0 Å². The van der Waals surface area contributed by atoms with Gasteiger partial charge in [0.15, 0.2) is 0 Å². The lowest BCUT2D eigenvalue weighted by molar-refractivity contribution is -0.383. The molecular formula is C13H21N3O3. The first-order valence-electron chi connectivity index (χ1n) is 6.45. The van der Waals surface area contributed by atoms with Crippen LogP contribution in [0.25, 0.3) is 0 Å². The van der Waals surface area contributed by atoms with Crippen molar-refractivity contribution in [3.8, 4) is 0 Å². The third-order valence-electron chi connectivity index (χ3n) is 2.56. The van der Waals surface area contributed by atoms with Crippen molar-refractivity contribution in [1.82, 2.24) is 0 Å². The molecule has 0 bridgehead atoms. The highest BCUT2D eigenvalue weighted by molar-refractivity contribution is 5.76. The zero-order valence-corrected chi connectivity index (χ0v) is 11.6. The molecule has 1 aromatic carbocycles. The van der Waals surface area contributed by atoms with Gasteiger partial charge in [-0.2, -0.15) is 0 Å². The van der Waals surface area contributed by atoms with Gasteiger partial charge in [0.2, 0.25) is 0 Å². The van der Waals surface area contributed by atoms with E-state index in [1.807, 2.05) is 20.8 Å².